The molecule has 1 aromatic rings. The van der Waals surface area contributed by atoms with Gasteiger partial charge in [-0.1, -0.05) is 23.7 Å². The zero-order valence-corrected chi connectivity index (χ0v) is 11.4. The van der Waals surface area contributed by atoms with Crippen LogP contribution in [0.2, 0.25) is 5.02 Å². The van der Waals surface area contributed by atoms with Crippen LogP contribution < -0.4 is 5.32 Å². The Balaban J connectivity index is 1.70. The van der Waals surface area contributed by atoms with E-state index in [2.05, 4.69) is 36.4 Å². The topological polar surface area (TPSA) is 15.3 Å². The summed E-state index contributed by atoms with van der Waals surface area (Å²) >= 11 is 5.89. The van der Waals surface area contributed by atoms with Crippen LogP contribution in [0.15, 0.2) is 24.3 Å². The highest BCUT2D eigenvalue weighted by molar-refractivity contribution is 6.30. The SMILES string of the molecule is CN(C)CCNC1CC(c2ccc(Cl)cc2)C1. The average molecular weight is 253 g/mol. The smallest absolute Gasteiger partial charge is 0.0406 e. The molecule has 1 aliphatic carbocycles. The molecule has 94 valence electrons. The van der Waals surface area contributed by atoms with Crippen molar-refractivity contribution < 1.29 is 0 Å². The van der Waals surface area contributed by atoms with Gasteiger partial charge in [0.05, 0.1) is 0 Å². The minimum absolute atomic E-state index is 0.704. The Kier molecular flexibility index (Phi) is 4.43. The Morgan fingerprint density at radius 1 is 1.24 bits per heavy atom. The second-order valence-electron chi connectivity index (χ2n) is 5.17. The summed E-state index contributed by atoms with van der Waals surface area (Å²) in [7, 11) is 4.22. The van der Waals surface area contributed by atoms with E-state index in [1.54, 1.807) is 0 Å². The summed E-state index contributed by atoms with van der Waals surface area (Å²) in [6.45, 7) is 2.20. The first-order chi connectivity index (χ1) is 8.15. The first kappa shape index (κ1) is 12.9. The lowest BCUT2D eigenvalue weighted by molar-refractivity contribution is 0.278. The lowest BCUT2D eigenvalue weighted by atomic mass is 9.76. The van der Waals surface area contributed by atoms with Crippen molar-refractivity contribution >= 4 is 11.6 Å². The summed E-state index contributed by atoms with van der Waals surface area (Å²) in [6, 6.07) is 9.00. The summed E-state index contributed by atoms with van der Waals surface area (Å²) in [5.74, 6) is 0.726. The number of nitrogens with one attached hydrogen (secondary N) is 1. The summed E-state index contributed by atoms with van der Waals surface area (Å²) in [5, 5.41) is 4.42. The third-order valence-electron chi connectivity index (χ3n) is 3.47. The molecule has 1 aliphatic rings. The van der Waals surface area contributed by atoms with Crippen LogP contribution in [0.5, 0.6) is 0 Å². The molecule has 17 heavy (non-hydrogen) atoms. The molecule has 1 fully saturated rings. The molecule has 2 rings (SSSR count). The Hall–Kier alpha value is -0.570. The highest BCUT2D eigenvalue weighted by atomic mass is 35.5. The van der Waals surface area contributed by atoms with Crippen molar-refractivity contribution in [3.05, 3.63) is 34.9 Å². The number of hydrogen-bond donors (Lipinski definition) is 1. The molecule has 0 spiro atoms. The minimum Gasteiger partial charge on any atom is -0.313 e. The molecule has 1 saturated carbocycles. The van der Waals surface area contributed by atoms with Crippen molar-refractivity contribution in [2.24, 2.45) is 0 Å². The van der Waals surface area contributed by atoms with Crippen LogP contribution in [-0.2, 0) is 0 Å². The second-order valence-corrected chi connectivity index (χ2v) is 5.61. The number of hydrogen-bond acceptors (Lipinski definition) is 2. The van der Waals surface area contributed by atoms with E-state index >= 15 is 0 Å². The molecular weight excluding hydrogens is 232 g/mol. The normalized spacial score (nSPS) is 23.8. The van der Waals surface area contributed by atoms with Crippen molar-refractivity contribution in [2.45, 2.75) is 24.8 Å². The molecule has 0 aliphatic heterocycles. The molecule has 1 aromatic carbocycles. The van der Waals surface area contributed by atoms with Gasteiger partial charge in [0.1, 0.15) is 0 Å². The molecule has 0 unspecified atom stereocenters. The van der Waals surface area contributed by atoms with Gasteiger partial charge in [0.15, 0.2) is 0 Å². The highest BCUT2D eigenvalue weighted by Gasteiger charge is 2.29. The van der Waals surface area contributed by atoms with Crippen molar-refractivity contribution in [1.82, 2.24) is 10.2 Å². The molecule has 1 N–H and O–H groups in total. The van der Waals surface area contributed by atoms with Crippen LogP contribution in [0.25, 0.3) is 0 Å². The molecule has 0 radical (unpaired) electrons. The summed E-state index contributed by atoms with van der Waals surface area (Å²) in [4.78, 5) is 2.21. The molecule has 0 bridgehead atoms. The van der Waals surface area contributed by atoms with Gasteiger partial charge in [-0.2, -0.15) is 0 Å². The lowest BCUT2D eigenvalue weighted by Gasteiger charge is -2.36. The van der Waals surface area contributed by atoms with Crippen molar-refractivity contribution in [3.63, 3.8) is 0 Å². The monoisotopic (exact) mass is 252 g/mol. The molecule has 0 saturated heterocycles. The van der Waals surface area contributed by atoms with E-state index in [1.165, 1.54) is 18.4 Å². The third kappa shape index (κ3) is 3.70. The largest absolute Gasteiger partial charge is 0.313 e. The van der Waals surface area contributed by atoms with Crippen LogP contribution in [0.4, 0.5) is 0 Å². The predicted molar refractivity (Wildman–Crippen MR) is 73.8 cm³/mol. The standard InChI is InChI=1S/C14H21ClN2/c1-17(2)8-7-16-14-9-12(10-14)11-3-5-13(15)6-4-11/h3-6,12,14,16H,7-10H2,1-2H3. The molecule has 0 amide bonds. The number of likely N-dealkylation sites (N-methyl/N-ethyl adjacent to an activating group) is 1. The molecule has 0 atom stereocenters. The first-order valence-electron chi connectivity index (χ1n) is 6.28. The Morgan fingerprint density at radius 3 is 2.47 bits per heavy atom. The van der Waals surface area contributed by atoms with E-state index in [-0.39, 0.29) is 0 Å². The summed E-state index contributed by atoms with van der Waals surface area (Å²) in [5.41, 5.74) is 1.43. The van der Waals surface area contributed by atoms with Gasteiger partial charge in [-0.25, -0.2) is 0 Å². The number of halogens is 1. The highest BCUT2D eigenvalue weighted by Crippen LogP contribution is 2.37. The van der Waals surface area contributed by atoms with Gasteiger partial charge in [0.2, 0.25) is 0 Å². The van der Waals surface area contributed by atoms with Crippen molar-refractivity contribution in [2.75, 3.05) is 27.2 Å². The molecule has 3 heteroatoms. The number of benzene rings is 1. The van der Waals surface area contributed by atoms with Crippen molar-refractivity contribution in [3.8, 4) is 0 Å². The fourth-order valence-electron chi connectivity index (χ4n) is 2.28. The van der Waals surface area contributed by atoms with E-state index in [1.807, 2.05) is 12.1 Å². The van der Waals surface area contributed by atoms with Crippen LogP contribution in [0, 0.1) is 0 Å². The second kappa shape index (κ2) is 5.85. The average Bonchev–Trinajstić information content (AvgIpc) is 2.23. The van der Waals surface area contributed by atoms with Gasteiger partial charge in [0, 0.05) is 24.2 Å². The van der Waals surface area contributed by atoms with E-state index in [4.69, 9.17) is 11.6 Å². The zero-order valence-electron chi connectivity index (χ0n) is 10.6. The lowest BCUT2D eigenvalue weighted by Crippen LogP contribution is -2.42. The Labute approximate surface area is 109 Å². The van der Waals surface area contributed by atoms with Crippen LogP contribution >= 0.6 is 11.6 Å². The predicted octanol–water partition coefficient (Wildman–Crippen LogP) is 2.74. The van der Waals surface area contributed by atoms with E-state index in [0.29, 0.717) is 6.04 Å². The van der Waals surface area contributed by atoms with Gasteiger partial charge in [0.25, 0.3) is 0 Å². The maximum atomic E-state index is 5.89. The van der Waals surface area contributed by atoms with E-state index < -0.39 is 0 Å². The van der Waals surface area contributed by atoms with Gasteiger partial charge in [-0.3, -0.25) is 0 Å². The van der Waals surface area contributed by atoms with E-state index in [9.17, 15) is 0 Å². The maximum Gasteiger partial charge on any atom is 0.0406 e. The fourth-order valence-corrected chi connectivity index (χ4v) is 2.41. The molecule has 2 nitrogen and oxygen atoms in total. The Morgan fingerprint density at radius 2 is 1.88 bits per heavy atom. The number of nitrogens with zero attached hydrogens (tertiary/aromatic N) is 1. The quantitative estimate of drug-likeness (QED) is 0.867. The Bertz CT molecular complexity index is 342. The van der Waals surface area contributed by atoms with Gasteiger partial charge < -0.3 is 10.2 Å². The van der Waals surface area contributed by atoms with Gasteiger partial charge in [-0.15, -0.1) is 0 Å². The summed E-state index contributed by atoms with van der Waals surface area (Å²) < 4.78 is 0. The molecular formula is C14H21ClN2. The van der Waals surface area contributed by atoms with Gasteiger partial charge >= 0.3 is 0 Å². The summed E-state index contributed by atoms with van der Waals surface area (Å²) in [6.07, 6.45) is 2.52. The molecule has 0 aromatic heterocycles. The molecule has 0 heterocycles. The van der Waals surface area contributed by atoms with E-state index in [0.717, 1.165) is 24.0 Å². The maximum absolute atomic E-state index is 5.89. The van der Waals surface area contributed by atoms with Gasteiger partial charge in [-0.05, 0) is 50.6 Å². The third-order valence-corrected chi connectivity index (χ3v) is 3.72. The fraction of sp³-hybridized carbons (Fsp3) is 0.571. The number of rotatable bonds is 5. The van der Waals surface area contributed by atoms with Crippen LogP contribution in [0.1, 0.15) is 24.3 Å². The minimum atomic E-state index is 0.704. The first-order valence-corrected chi connectivity index (χ1v) is 6.66. The zero-order chi connectivity index (χ0) is 12.3. The van der Waals surface area contributed by atoms with Crippen LogP contribution in [0.3, 0.4) is 0 Å². The van der Waals surface area contributed by atoms with Crippen LogP contribution in [-0.4, -0.2) is 38.1 Å². The van der Waals surface area contributed by atoms with Crippen molar-refractivity contribution in [1.29, 1.82) is 0 Å².